The molecule has 0 radical (unpaired) electrons. The van der Waals surface area contributed by atoms with Gasteiger partial charge in [-0.25, -0.2) is 4.79 Å². The number of nitrogens with one attached hydrogen (secondary N) is 1. The van der Waals surface area contributed by atoms with Crippen LogP contribution in [-0.2, 0) is 11.2 Å². The Hall–Kier alpha value is -3.68. The molecule has 0 bridgehead atoms. The molecule has 8 heteroatoms. The topological polar surface area (TPSA) is 96.2 Å². The Morgan fingerprint density at radius 1 is 0.968 bits per heavy atom. The first-order chi connectivity index (χ1) is 15.0. The third-order valence-electron chi connectivity index (χ3n) is 4.89. The summed E-state index contributed by atoms with van der Waals surface area (Å²) in [6.45, 7) is 2.31. The van der Waals surface area contributed by atoms with Crippen LogP contribution < -0.4 is 29.9 Å². The van der Waals surface area contributed by atoms with Crippen molar-refractivity contribution in [3.63, 3.8) is 0 Å². The second-order valence-corrected chi connectivity index (χ2v) is 6.70. The lowest BCUT2D eigenvalue weighted by atomic mass is 10.0. The summed E-state index contributed by atoms with van der Waals surface area (Å²) in [7, 11) is 4.54. The van der Waals surface area contributed by atoms with Crippen LogP contribution in [0, 0.1) is 6.92 Å². The predicted molar refractivity (Wildman–Crippen MR) is 116 cm³/mol. The first-order valence-corrected chi connectivity index (χ1v) is 9.70. The number of hydrogen-bond acceptors (Lipinski definition) is 7. The van der Waals surface area contributed by atoms with Crippen LogP contribution in [0.2, 0.25) is 0 Å². The number of carbonyl (C=O) groups excluding carboxylic acids is 1. The van der Waals surface area contributed by atoms with Gasteiger partial charge in [0.25, 0.3) is 0 Å². The van der Waals surface area contributed by atoms with E-state index in [4.69, 9.17) is 23.4 Å². The first kappa shape index (κ1) is 22.0. The number of ether oxygens (including phenoxy) is 4. The lowest BCUT2D eigenvalue weighted by Gasteiger charge is -2.13. The lowest BCUT2D eigenvalue weighted by molar-refractivity contribution is -0.120. The van der Waals surface area contributed by atoms with E-state index in [1.807, 2.05) is 12.1 Å². The minimum Gasteiger partial charge on any atom is -0.493 e. The molecule has 0 saturated heterocycles. The van der Waals surface area contributed by atoms with E-state index in [0.717, 1.165) is 0 Å². The van der Waals surface area contributed by atoms with E-state index >= 15 is 0 Å². The summed E-state index contributed by atoms with van der Waals surface area (Å²) in [6, 6.07) is 10.8. The summed E-state index contributed by atoms with van der Waals surface area (Å²) in [5.74, 6) is 1.70. The van der Waals surface area contributed by atoms with Gasteiger partial charge >= 0.3 is 5.63 Å². The second kappa shape index (κ2) is 9.88. The van der Waals surface area contributed by atoms with Gasteiger partial charge < -0.3 is 28.7 Å². The van der Waals surface area contributed by atoms with Gasteiger partial charge in [0.05, 0.1) is 39.9 Å². The average Bonchev–Trinajstić information content (AvgIpc) is 2.78. The number of methoxy groups -OCH3 is 3. The molecule has 3 aromatic rings. The maximum absolute atomic E-state index is 12.6. The van der Waals surface area contributed by atoms with Crippen molar-refractivity contribution in [3.8, 4) is 23.0 Å². The van der Waals surface area contributed by atoms with Crippen molar-refractivity contribution in [3.05, 3.63) is 57.9 Å². The highest BCUT2D eigenvalue weighted by Crippen LogP contribution is 2.36. The van der Waals surface area contributed by atoms with E-state index < -0.39 is 5.63 Å². The first-order valence-electron chi connectivity index (χ1n) is 9.70. The molecule has 0 spiro atoms. The lowest BCUT2D eigenvalue weighted by Crippen LogP contribution is -2.31. The van der Waals surface area contributed by atoms with Gasteiger partial charge in [0, 0.05) is 5.39 Å². The summed E-state index contributed by atoms with van der Waals surface area (Å²) >= 11 is 0. The molecule has 0 aliphatic rings. The smallest absolute Gasteiger partial charge is 0.340 e. The molecule has 2 aromatic carbocycles. The number of para-hydroxylation sites is 2. The van der Waals surface area contributed by atoms with Crippen LogP contribution in [0.3, 0.4) is 0 Å². The van der Waals surface area contributed by atoms with E-state index in [2.05, 4.69) is 5.32 Å². The summed E-state index contributed by atoms with van der Waals surface area (Å²) in [6.07, 6.45) is -0.104. The third-order valence-corrected chi connectivity index (χ3v) is 4.89. The minimum atomic E-state index is -0.586. The molecule has 0 fully saturated rings. The minimum absolute atomic E-state index is 0.104. The molecule has 164 valence electrons. The monoisotopic (exact) mass is 427 g/mol. The number of amides is 1. The molecule has 1 heterocycles. The molecular weight excluding hydrogens is 402 g/mol. The van der Waals surface area contributed by atoms with E-state index in [9.17, 15) is 9.59 Å². The van der Waals surface area contributed by atoms with Gasteiger partial charge in [0.2, 0.25) is 11.7 Å². The number of hydrogen-bond donors (Lipinski definition) is 1. The Labute approximate surface area is 179 Å². The van der Waals surface area contributed by atoms with Crippen LogP contribution in [0.25, 0.3) is 11.0 Å². The van der Waals surface area contributed by atoms with Crippen LogP contribution in [0.4, 0.5) is 0 Å². The summed E-state index contributed by atoms with van der Waals surface area (Å²) in [4.78, 5) is 25.0. The van der Waals surface area contributed by atoms with Crippen molar-refractivity contribution in [2.75, 3.05) is 34.5 Å². The maximum Gasteiger partial charge on any atom is 0.340 e. The quantitative estimate of drug-likeness (QED) is 0.414. The van der Waals surface area contributed by atoms with Crippen molar-refractivity contribution in [1.82, 2.24) is 5.32 Å². The fourth-order valence-corrected chi connectivity index (χ4v) is 3.28. The Kier molecular flexibility index (Phi) is 7.02. The highest BCUT2D eigenvalue weighted by Gasteiger charge is 2.19. The molecule has 8 nitrogen and oxygen atoms in total. The number of aryl methyl sites for hydroxylation is 1. The molecular formula is C23H25NO7. The van der Waals surface area contributed by atoms with E-state index in [1.165, 1.54) is 14.2 Å². The fourth-order valence-electron chi connectivity index (χ4n) is 3.28. The summed E-state index contributed by atoms with van der Waals surface area (Å²) < 4.78 is 26.9. The highest BCUT2D eigenvalue weighted by molar-refractivity contribution is 5.89. The number of rotatable bonds is 9. The zero-order chi connectivity index (χ0) is 22.4. The second-order valence-electron chi connectivity index (χ2n) is 6.70. The van der Waals surface area contributed by atoms with Crippen LogP contribution in [0.1, 0.15) is 11.1 Å². The zero-order valence-electron chi connectivity index (χ0n) is 17.9. The van der Waals surface area contributed by atoms with E-state index in [0.29, 0.717) is 45.1 Å². The molecule has 0 atom stereocenters. The fraction of sp³-hybridized carbons (Fsp3) is 0.304. The molecule has 1 amide bonds. The van der Waals surface area contributed by atoms with Crippen molar-refractivity contribution in [1.29, 1.82) is 0 Å². The predicted octanol–water partition coefficient (Wildman–Crippen LogP) is 2.86. The molecule has 1 aromatic heterocycles. The van der Waals surface area contributed by atoms with Gasteiger partial charge in [0.15, 0.2) is 22.8 Å². The zero-order valence-corrected chi connectivity index (χ0v) is 17.9. The number of benzene rings is 2. The van der Waals surface area contributed by atoms with Gasteiger partial charge in [-0.3, -0.25) is 4.79 Å². The molecule has 3 rings (SSSR count). The van der Waals surface area contributed by atoms with Crippen molar-refractivity contribution < 1.29 is 28.2 Å². The van der Waals surface area contributed by atoms with Gasteiger partial charge in [-0.05, 0) is 36.8 Å². The van der Waals surface area contributed by atoms with Crippen molar-refractivity contribution >= 4 is 16.9 Å². The SMILES string of the molecule is COc1ccccc1OCCNC(=O)Cc1c(C)c2ccc(OC)c(OC)c2oc1=O. The molecule has 1 N–H and O–H groups in total. The molecule has 0 aliphatic heterocycles. The molecule has 0 unspecified atom stereocenters. The Balaban J connectivity index is 1.68. The maximum atomic E-state index is 12.6. The average molecular weight is 427 g/mol. The normalized spacial score (nSPS) is 10.6. The van der Waals surface area contributed by atoms with Crippen LogP contribution >= 0.6 is 0 Å². The largest absolute Gasteiger partial charge is 0.493 e. The number of fused-ring (bicyclic) bond motifs is 1. The third kappa shape index (κ3) is 4.74. The van der Waals surface area contributed by atoms with Crippen LogP contribution in [0.15, 0.2) is 45.6 Å². The Bertz CT molecular complexity index is 1140. The Morgan fingerprint density at radius 3 is 2.35 bits per heavy atom. The standard InChI is InChI=1S/C23H25NO7/c1-14-15-9-10-19(28-3)22(29-4)21(15)31-23(26)16(14)13-20(25)24-11-12-30-18-8-6-5-7-17(18)27-2/h5-10H,11-13H2,1-4H3,(H,24,25). The molecule has 0 saturated carbocycles. The van der Waals surface area contributed by atoms with E-state index in [-0.39, 0.29) is 25.5 Å². The molecule has 0 aliphatic carbocycles. The van der Waals surface area contributed by atoms with Crippen LogP contribution in [-0.4, -0.2) is 40.4 Å². The van der Waals surface area contributed by atoms with Gasteiger partial charge in [-0.15, -0.1) is 0 Å². The molecule has 31 heavy (non-hydrogen) atoms. The summed E-state index contributed by atoms with van der Waals surface area (Å²) in [5, 5.41) is 3.43. The summed E-state index contributed by atoms with van der Waals surface area (Å²) in [5.41, 5.74) is 0.659. The highest BCUT2D eigenvalue weighted by atomic mass is 16.5. The van der Waals surface area contributed by atoms with Gasteiger partial charge in [-0.2, -0.15) is 0 Å². The Morgan fingerprint density at radius 2 is 1.68 bits per heavy atom. The van der Waals surface area contributed by atoms with Gasteiger partial charge in [-0.1, -0.05) is 12.1 Å². The van der Waals surface area contributed by atoms with Gasteiger partial charge in [0.1, 0.15) is 6.61 Å². The van der Waals surface area contributed by atoms with Crippen molar-refractivity contribution in [2.45, 2.75) is 13.3 Å². The van der Waals surface area contributed by atoms with Crippen molar-refractivity contribution in [2.24, 2.45) is 0 Å². The number of carbonyl (C=O) groups is 1. The van der Waals surface area contributed by atoms with E-state index in [1.54, 1.807) is 38.3 Å². The van der Waals surface area contributed by atoms with Crippen LogP contribution in [0.5, 0.6) is 23.0 Å².